The number of ether oxygens (including phenoxy) is 1. The molecule has 0 radical (unpaired) electrons. The van der Waals surface area contributed by atoms with E-state index in [1.807, 2.05) is 6.92 Å². The first-order valence-electron chi connectivity index (χ1n) is 12.5. The standard InChI is InChI=1S/C25H43NO4/c1-18-3-4-19(23(28)16-26-11-13-30-14-12-26)5-8-22-21(18)7-6-20-15-24(2,29)9-10-25(20,22)17-27/h18-22,27,29H,3-17H2,1-2H3/t18-,19-,20-,21-,22?,24+,25+/m0/s1. The molecule has 0 amide bonds. The van der Waals surface area contributed by atoms with Crippen LogP contribution in [0.1, 0.15) is 71.6 Å². The highest BCUT2D eigenvalue weighted by atomic mass is 16.5. The van der Waals surface area contributed by atoms with E-state index in [1.54, 1.807) is 0 Å². The van der Waals surface area contributed by atoms with Crippen molar-refractivity contribution in [2.24, 2.45) is 35.0 Å². The summed E-state index contributed by atoms with van der Waals surface area (Å²) in [4.78, 5) is 15.4. The van der Waals surface area contributed by atoms with Crippen molar-refractivity contribution in [1.82, 2.24) is 4.90 Å². The van der Waals surface area contributed by atoms with Crippen LogP contribution in [0.2, 0.25) is 0 Å². The predicted molar refractivity (Wildman–Crippen MR) is 117 cm³/mol. The minimum atomic E-state index is -0.583. The lowest BCUT2D eigenvalue weighted by atomic mass is 9.47. The zero-order valence-electron chi connectivity index (χ0n) is 19.2. The minimum Gasteiger partial charge on any atom is -0.396 e. The van der Waals surface area contributed by atoms with Gasteiger partial charge in [0.2, 0.25) is 0 Å². The van der Waals surface area contributed by atoms with E-state index in [2.05, 4.69) is 11.8 Å². The Morgan fingerprint density at radius 3 is 2.53 bits per heavy atom. The van der Waals surface area contributed by atoms with Gasteiger partial charge in [-0.3, -0.25) is 9.69 Å². The van der Waals surface area contributed by atoms with Crippen molar-refractivity contribution in [3.05, 3.63) is 0 Å². The number of fused-ring (bicyclic) bond motifs is 3. The van der Waals surface area contributed by atoms with Crippen LogP contribution in [0.15, 0.2) is 0 Å². The van der Waals surface area contributed by atoms with Gasteiger partial charge in [-0.25, -0.2) is 0 Å². The number of Topliss-reactive ketones (excluding diaryl/α,β-unsaturated/α-hetero) is 1. The van der Waals surface area contributed by atoms with Gasteiger partial charge < -0.3 is 14.9 Å². The molecule has 1 aliphatic heterocycles. The zero-order valence-corrected chi connectivity index (χ0v) is 19.2. The summed E-state index contributed by atoms with van der Waals surface area (Å²) >= 11 is 0. The SMILES string of the molecule is C[C@H]1CC[C@H](C(=O)CN2CCOCC2)CCC2[C@H]1CC[C@H]1C[C@](C)(O)CC[C@]21CO. The average molecular weight is 422 g/mol. The molecule has 0 spiro atoms. The first-order valence-corrected chi connectivity index (χ1v) is 12.5. The molecular weight excluding hydrogens is 378 g/mol. The molecule has 3 saturated carbocycles. The fourth-order valence-electron chi connectivity index (χ4n) is 7.58. The smallest absolute Gasteiger partial charge is 0.149 e. The van der Waals surface area contributed by atoms with Gasteiger partial charge in [0.15, 0.2) is 0 Å². The molecule has 0 bridgehead atoms. The predicted octanol–water partition coefficient (Wildman–Crippen LogP) is 3.27. The Morgan fingerprint density at radius 1 is 1.07 bits per heavy atom. The van der Waals surface area contributed by atoms with Gasteiger partial charge in [0, 0.05) is 25.6 Å². The van der Waals surface area contributed by atoms with E-state index < -0.39 is 5.60 Å². The van der Waals surface area contributed by atoms with Crippen molar-refractivity contribution < 1.29 is 19.7 Å². The summed E-state index contributed by atoms with van der Waals surface area (Å²) in [5.41, 5.74) is -0.630. The quantitative estimate of drug-likeness (QED) is 0.729. The van der Waals surface area contributed by atoms with Crippen LogP contribution < -0.4 is 0 Å². The summed E-state index contributed by atoms with van der Waals surface area (Å²) in [6.07, 6.45) is 9.10. The summed E-state index contributed by atoms with van der Waals surface area (Å²) in [5.74, 6) is 2.76. The molecule has 4 rings (SSSR count). The number of aliphatic hydroxyl groups excluding tert-OH is 1. The molecular formula is C25H43NO4. The molecule has 1 heterocycles. The number of carbonyl (C=O) groups excluding carboxylic acids is 1. The normalized spacial score (nSPS) is 45.7. The molecule has 4 aliphatic rings. The van der Waals surface area contributed by atoms with Crippen LogP contribution in [0.5, 0.6) is 0 Å². The van der Waals surface area contributed by atoms with Crippen molar-refractivity contribution in [3.8, 4) is 0 Å². The van der Waals surface area contributed by atoms with Crippen molar-refractivity contribution in [2.45, 2.75) is 77.2 Å². The first-order chi connectivity index (χ1) is 14.3. The van der Waals surface area contributed by atoms with Gasteiger partial charge in [0.25, 0.3) is 0 Å². The van der Waals surface area contributed by atoms with Crippen LogP contribution in [-0.2, 0) is 9.53 Å². The molecule has 0 aromatic rings. The number of hydrogen-bond acceptors (Lipinski definition) is 5. The van der Waals surface area contributed by atoms with Crippen LogP contribution in [0.25, 0.3) is 0 Å². The molecule has 0 aromatic heterocycles. The molecule has 1 unspecified atom stereocenters. The summed E-state index contributed by atoms with van der Waals surface area (Å²) in [7, 11) is 0. The van der Waals surface area contributed by atoms with E-state index in [-0.39, 0.29) is 17.9 Å². The number of rotatable bonds is 4. The highest BCUT2D eigenvalue weighted by Crippen LogP contribution is 2.60. The van der Waals surface area contributed by atoms with Gasteiger partial charge >= 0.3 is 0 Å². The summed E-state index contributed by atoms with van der Waals surface area (Å²) in [5, 5.41) is 21.4. The lowest BCUT2D eigenvalue weighted by molar-refractivity contribution is -0.150. The topological polar surface area (TPSA) is 70.0 Å². The van der Waals surface area contributed by atoms with E-state index in [0.717, 1.165) is 77.7 Å². The molecule has 5 heteroatoms. The van der Waals surface area contributed by atoms with Crippen LogP contribution in [0.3, 0.4) is 0 Å². The molecule has 1 saturated heterocycles. The van der Waals surface area contributed by atoms with Gasteiger partial charge in [0.1, 0.15) is 5.78 Å². The molecule has 172 valence electrons. The monoisotopic (exact) mass is 421 g/mol. The van der Waals surface area contributed by atoms with Crippen molar-refractivity contribution in [1.29, 1.82) is 0 Å². The number of carbonyl (C=O) groups is 1. The first kappa shape index (κ1) is 22.7. The van der Waals surface area contributed by atoms with E-state index in [0.29, 0.717) is 36.0 Å². The average Bonchev–Trinajstić information content (AvgIpc) is 2.72. The van der Waals surface area contributed by atoms with E-state index >= 15 is 0 Å². The second-order valence-electron chi connectivity index (χ2n) is 11.3. The highest BCUT2D eigenvalue weighted by molar-refractivity contribution is 5.83. The Bertz CT molecular complexity index is 602. The molecule has 0 aromatic carbocycles. The van der Waals surface area contributed by atoms with Crippen molar-refractivity contribution in [3.63, 3.8) is 0 Å². The van der Waals surface area contributed by atoms with Crippen LogP contribution in [-0.4, -0.2) is 66.0 Å². The van der Waals surface area contributed by atoms with Gasteiger partial charge in [-0.1, -0.05) is 6.92 Å². The zero-order chi connectivity index (χ0) is 21.4. The molecule has 3 aliphatic carbocycles. The highest BCUT2D eigenvalue weighted by Gasteiger charge is 2.55. The van der Waals surface area contributed by atoms with Crippen molar-refractivity contribution >= 4 is 5.78 Å². The molecule has 5 nitrogen and oxygen atoms in total. The summed E-state index contributed by atoms with van der Waals surface area (Å²) in [6, 6.07) is 0. The summed E-state index contributed by atoms with van der Waals surface area (Å²) < 4.78 is 5.43. The van der Waals surface area contributed by atoms with Crippen LogP contribution in [0, 0.1) is 35.0 Å². The fraction of sp³-hybridized carbons (Fsp3) is 0.960. The second kappa shape index (κ2) is 9.17. The number of nitrogens with zero attached hydrogens (tertiary/aromatic N) is 1. The maximum Gasteiger partial charge on any atom is 0.149 e. The largest absolute Gasteiger partial charge is 0.396 e. The molecule has 7 atom stereocenters. The third-order valence-electron chi connectivity index (χ3n) is 9.49. The van der Waals surface area contributed by atoms with E-state index in [9.17, 15) is 15.0 Å². The minimum absolute atomic E-state index is 0.0471. The second-order valence-corrected chi connectivity index (χ2v) is 11.3. The van der Waals surface area contributed by atoms with Gasteiger partial charge in [-0.15, -0.1) is 0 Å². The lowest BCUT2D eigenvalue weighted by Gasteiger charge is -2.59. The molecule has 4 fully saturated rings. The third-order valence-corrected chi connectivity index (χ3v) is 9.49. The third kappa shape index (κ3) is 4.51. The lowest BCUT2D eigenvalue weighted by Crippen LogP contribution is -2.55. The number of morpholine rings is 1. The fourth-order valence-corrected chi connectivity index (χ4v) is 7.58. The summed E-state index contributed by atoms with van der Waals surface area (Å²) in [6.45, 7) is 8.40. The molecule has 2 N–H and O–H groups in total. The van der Waals surface area contributed by atoms with E-state index in [1.165, 1.54) is 6.42 Å². The maximum absolute atomic E-state index is 13.2. The molecule has 30 heavy (non-hydrogen) atoms. The number of hydrogen-bond donors (Lipinski definition) is 2. The number of aliphatic hydroxyl groups is 2. The Balaban J connectivity index is 1.48. The Kier molecular flexibility index (Phi) is 6.94. The number of ketones is 1. The van der Waals surface area contributed by atoms with Gasteiger partial charge in [0.05, 0.1) is 25.4 Å². The Hall–Kier alpha value is -0.490. The van der Waals surface area contributed by atoms with Crippen molar-refractivity contribution in [2.75, 3.05) is 39.5 Å². The van der Waals surface area contributed by atoms with Gasteiger partial charge in [-0.05, 0) is 93.8 Å². The van der Waals surface area contributed by atoms with Crippen LogP contribution in [0.4, 0.5) is 0 Å². The van der Waals surface area contributed by atoms with Crippen LogP contribution >= 0.6 is 0 Å². The van der Waals surface area contributed by atoms with Gasteiger partial charge in [-0.2, -0.15) is 0 Å². The maximum atomic E-state index is 13.2. The van der Waals surface area contributed by atoms with E-state index in [4.69, 9.17) is 4.74 Å². The Labute approximate surface area is 182 Å². The Morgan fingerprint density at radius 2 is 1.80 bits per heavy atom.